The Bertz CT molecular complexity index is 1220. The van der Waals surface area contributed by atoms with Gasteiger partial charge in [-0.25, -0.2) is 8.42 Å². The van der Waals surface area contributed by atoms with Crippen LogP contribution < -0.4 is 5.32 Å². The summed E-state index contributed by atoms with van der Waals surface area (Å²) in [6.45, 7) is 6.50. The van der Waals surface area contributed by atoms with Crippen molar-refractivity contribution < 1.29 is 17.7 Å². The van der Waals surface area contributed by atoms with Crippen LogP contribution in [0.2, 0.25) is 0 Å². The monoisotopic (exact) mass is 474 g/mol. The van der Waals surface area contributed by atoms with Gasteiger partial charge in [0.25, 0.3) is 10.0 Å². The average Bonchev–Trinajstić information content (AvgIpc) is 3.45. The highest BCUT2D eigenvalue weighted by Gasteiger charge is 2.33. The van der Waals surface area contributed by atoms with Gasteiger partial charge in [0.2, 0.25) is 17.6 Å². The summed E-state index contributed by atoms with van der Waals surface area (Å²) in [5.74, 6) is 0.627. The molecule has 1 aliphatic heterocycles. The lowest BCUT2D eigenvalue weighted by atomic mass is 9.97. The molecule has 3 aromatic rings. The number of nitrogens with zero attached hydrogens (tertiary/aromatic N) is 3. The summed E-state index contributed by atoms with van der Waals surface area (Å²) < 4.78 is 33.0. The molecule has 1 saturated heterocycles. The number of carbonyl (C=O) groups is 1. The quantitative estimate of drug-likeness (QED) is 0.579. The maximum absolute atomic E-state index is 13.1. The Morgan fingerprint density at radius 1 is 1.25 bits per heavy atom. The number of rotatable bonds is 6. The number of nitrogens with one attached hydrogen (secondary N) is 1. The Labute approximate surface area is 191 Å². The van der Waals surface area contributed by atoms with Gasteiger partial charge in [-0.2, -0.15) is 9.29 Å². The van der Waals surface area contributed by atoms with Gasteiger partial charge < -0.3 is 9.84 Å². The Morgan fingerprint density at radius 2 is 2.00 bits per heavy atom. The van der Waals surface area contributed by atoms with E-state index in [0.717, 1.165) is 28.2 Å². The average molecular weight is 475 g/mol. The summed E-state index contributed by atoms with van der Waals surface area (Å²) in [6, 6.07) is 7.48. The van der Waals surface area contributed by atoms with Gasteiger partial charge in [0.1, 0.15) is 4.21 Å². The number of amides is 1. The van der Waals surface area contributed by atoms with Crippen LogP contribution in [-0.4, -0.2) is 41.9 Å². The molecule has 32 heavy (non-hydrogen) atoms. The Kier molecular flexibility index (Phi) is 6.45. The topological polar surface area (TPSA) is 105 Å². The highest BCUT2D eigenvalue weighted by Crippen LogP contribution is 2.31. The SMILES string of the molecule is CCc1nc(-c2csc(S(=O)(=O)N3CCC(C(=O)Nc4ccc(C)cc4C)CC3)c2)no1. The fourth-order valence-electron chi connectivity index (χ4n) is 3.76. The minimum Gasteiger partial charge on any atom is -0.339 e. The van der Waals surface area contributed by atoms with Crippen molar-refractivity contribution in [2.75, 3.05) is 18.4 Å². The van der Waals surface area contributed by atoms with E-state index in [0.29, 0.717) is 49.6 Å². The van der Waals surface area contributed by atoms with Crippen molar-refractivity contribution in [2.45, 2.75) is 44.2 Å². The molecule has 170 valence electrons. The number of sulfonamides is 1. The molecule has 1 amide bonds. The lowest BCUT2D eigenvalue weighted by molar-refractivity contribution is -0.120. The molecule has 1 aromatic carbocycles. The van der Waals surface area contributed by atoms with Crippen molar-refractivity contribution in [3.63, 3.8) is 0 Å². The van der Waals surface area contributed by atoms with Gasteiger partial charge in [0, 0.05) is 42.1 Å². The fourth-order valence-corrected chi connectivity index (χ4v) is 6.54. The third kappa shape index (κ3) is 4.62. The van der Waals surface area contributed by atoms with E-state index in [-0.39, 0.29) is 16.0 Å². The zero-order chi connectivity index (χ0) is 22.9. The van der Waals surface area contributed by atoms with Gasteiger partial charge in [-0.3, -0.25) is 4.79 Å². The van der Waals surface area contributed by atoms with Gasteiger partial charge in [-0.1, -0.05) is 29.8 Å². The smallest absolute Gasteiger partial charge is 0.252 e. The van der Waals surface area contributed by atoms with E-state index < -0.39 is 10.0 Å². The molecular formula is C22H26N4O4S2. The predicted octanol–water partition coefficient (Wildman–Crippen LogP) is 4.02. The van der Waals surface area contributed by atoms with Gasteiger partial charge in [-0.15, -0.1) is 11.3 Å². The molecule has 1 fully saturated rings. The van der Waals surface area contributed by atoms with Crippen LogP contribution in [0.3, 0.4) is 0 Å². The van der Waals surface area contributed by atoms with Crippen molar-refractivity contribution in [1.29, 1.82) is 0 Å². The molecule has 1 aliphatic rings. The number of aryl methyl sites for hydroxylation is 3. The van der Waals surface area contributed by atoms with E-state index in [1.807, 2.05) is 39.0 Å². The maximum atomic E-state index is 13.1. The number of benzene rings is 1. The Balaban J connectivity index is 1.39. The molecule has 0 saturated carbocycles. The molecule has 10 heteroatoms. The molecule has 4 rings (SSSR count). The van der Waals surface area contributed by atoms with Gasteiger partial charge in [0.05, 0.1) is 0 Å². The first kappa shape index (κ1) is 22.6. The zero-order valence-electron chi connectivity index (χ0n) is 18.3. The minimum absolute atomic E-state index is 0.0590. The van der Waals surface area contributed by atoms with Gasteiger partial charge >= 0.3 is 0 Å². The zero-order valence-corrected chi connectivity index (χ0v) is 19.9. The first-order valence-corrected chi connectivity index (χ1v) is 12.9. The molecule has 8 nitrogen and oxygen atoms in total. The van der Waals surface area contributed by atoms with Gasteiger partial charge in [0.15, 0.2) is 0 Å². The molecule has 1 N–H and O–H groups in total. The van der Waals surface area contributed by atoms with Crippen LogP contribution in [-0.2, 0) is 21.2 Å². The van der Waals surface area contributed by atoms with E-state index in [9.17, 15) is 13.2 Å². The lowest BCUT2D eigenvalue weighted by Gasteiger charge is -2.30. The molecule has 0 unspecified atom stereocenters. The number of carbonyl (C=O) groups excluding carboxylic acids is 1. The van der Waals surface area contributed by atoms with E-state index in [2.05, 4.69) is 15.5 Å². The predicted molar refractivity (Wildman–Crippen MR) is 123 cm³/mol. The molecule has 0 atom stereocenters. The molecule has 0 radical (unpaired) electrons. The van der Waals surface area contributed by atoms with Crippen LogP contribution in [0, 0.1) is 19.8 Å². The number of aromatic nitrogens is 2. The summed E-state index contributed by atoms with van der Waals surface area (Å²) in [4.78, 5) is 17.0. The fraction of sp³-hybridized carbons (Fsp3) is 0.409. The molecule has 3 heterocycles. The molecule has 0 aliphatic carbocycles. The third-order valence-corrected chi connectivity index (χ3v) is 8.98. The van der Waals surface area contributed by atoms with Crippen molar-refractivity contribution >= 4 is 33.0 Å². The van der Waals surface area contributed by atoms with Crippen LogP contribution >= 0.6 is 11.3 Å². The van der Waals surface area contributed by atoms with Crippen molar-refractivity contribution in [2.24, 2.45) is 5.92 Å². The van der Waals surface area contributed by atoms with E-state index >= 15 is 0 Å². The van der Waals surface area contributed by atoms with Crippen LogP contribution in [0.5, 0.6) is 0 Å². The molecule has 2 aromatic heterocycles. The highest BCUT2D eigenvalue weighted by molar-refractivity contribution is 7.91. The molecule has 0 bridgehead atoms. The van der Waals surface area contributed by atoms with Gasteiger partial charge in [-0.05, 0) is 44.4 Å². The van der Waals surface area contributed by atoms with Crippen LogP contribution in [0.4, 0.5) is 5.69 Å². The second kappa shape index (κ2) is 9.13. The number of anilines is 1. The van der Waals surface area contributed by atoms with E-state index in [1.165, 1.54) is 4.31 Å². The largest absolute Gasteiger partial charge is 0.339 e. The lowest BCUT2D eigenvalue weighted by Crippen LogP contribution is -2.41. The van der Waals surface area contributed by atoms with Crippen molar-refractivity contribution in [3.05, 3.63) is 46.7 Å². The second-order valence-corrected chi connectivity index (χ2v) is 11.1. The summed E-state index contributed by atoms with van der Waals surface area (Å²) in [5, 5.41) is 8.62. The number of hydrogen-bond acceptors (Lipinski definition) is 7. The van der Waals surface area contributed by atoms with E-state index in [1.54, 1.807) is 11.4 Å². The van der Waals surface area contributed by atoms with Crippen molar-refractivity contribution in [3.8, 4) is 11.4 Å². The summed E-state index contributed by atoms with van der Waals surface area (Å²) in [7, 11) is -3.63. The first-order valence-electron chi connectivity index (χ1n) is 10.6. The first-order chi connectivity index (χ1) is 15.3. The standard InChI is InChI=1S/C22H26N4O4S2/c1-4-19-24-21(25-30-19)17-12-20(31-13-17)32(28,29)26-9-7-16(8-10-26)22(27)23-18-6-5-14(2)11-15(18)3/h5-6,11-13,16H,4,7-10H2,1-3H3,(H,23,27). The summed E-state index contributed by atoms with van der Waals surface area (Å²) in [5.41, 5.74) is 3.58. The van der Waals surface area contributed by atoms with E-state index in [4.69, 9.17) is 4.52 Å². The number of thiophene rings is 1. The van der Waals surface area contributed by atoms with Crippen molar-refractivity contribution in [1.82, 2.24) is 14.4 Å². The summed E-state index contributed by atoms with van der Waals surface area (Å²) in [6.07, 6.45) is 1.59. The molecule has 0 spiro atoms. The second-order valence-electron chi connectivity index (χ2n) is 8.01. The highest BCUT2D eigenvalue weighted by atomic mass is 32.2. The molecular weight excluding hydrogens is 448 g/mol. The maximum Gasteiger partial charge on any atom is 0.252 e. The van der Waals surface area contributed by atoms with Crippen LogP contribution in [0.25, 0.3) is 11.4 Å². The van der Waals surface area contributed by atoms with Crippen LogP contribution in [0.1, 0.15) is 36.8 Å². The normalized spacial score (nSPS) is 15.7. The minimum atomic E-state index is -3.63. The Morgan fingerprint density at radius 3 is 2.66 bits per heavy atom. The Hall–Kier alpha value is -2.56. The third-order valence-electron chi connectivity index (χ3n) is 5.66. The van der Waals surface area contributed by atoms with Crippen LogP contribution in [0.15, 0.2) is 38.4 Å². The summed E-state index contributed by atoms with van der Waals surface area (Å²) >= 11 is 1.14. The number of piperidine rings is 1. The number of hydrogen-bond donors (Lipinski definition) is 1.